The van der Waals surface area contributed by atoms with Gasteiger partial charge in [0.2, 0.25) is 5.91 Å². The number of anilines is 2. The van der Waals surface area contributed by atoms with E-state index in [-0.39, 0.29) is 18.0 Å². The van der Waals surface area contributed by atoms with Crippen LogP contribution in [-0.2, 0) is 4.79 Å². The summed E-state index contributed by atoms with van der Waals surface area (Å²) in [5.74, 6) is -0.110. The zero-order chi connectivity index (χ0) is 15.2. The zero-order valence-corrected chi connectivity index (χ0v) is 12.6. The van der Waals surface area contributed by atoms with Crippen molar-refractivity contribution in [2.45, 2.75) is 11.3 Å². The molecule has 0 saturated carbocycles. The second-order valence-electron chi connectivity index (χ2n) is 4.11. The summed E-state index contributed by atoms with van der Waals surface area (Å²) < 4.78 is 13.3. The Hall–Kier alpha value is -2.04. The van der Waals surface area contributed by atoms with Crippen molar-refractivity contribution < 1.29 is 9.18 Å². The van der Waals surface area contributed by atoms with E-state index in [4.69, 9.17) is 11.0 Å². The Morgan fingerprint density at radius 2 is 2.29 bits per heavy atom. The molecule has 0 aliphatic carbocycles. The number of hydrogen-bond acceptors (Lipinski definition) is 5. The molecule has 21 heavy (non-hydrogen) atoms. The Morgan fingerprint density at radius 1 is 1.48 bits per heavy atom. The van der Waals surface area contributed by atoms with Crippen molar-refractivity contribution in [3.05, 3.63) is 41.0 Å². The normalized spacial score (nSPS) is 10.1. The van der Waals surface area contributed by atoms with Gasteiger partial charge < -0.3 is 11.1 Å². The van der Waals surface area contributed by atoms with Gasteiger partial charge in [-0.2, -0.15) is 5.26 Å². The lowest BCUT2D eigenvalue weighted by molar-refractivity contribution is -0.115. The molecule has 7 heteroatoms. The molecule has 108 valence electrons. The van der Waals surface area contributed by atoms with Gasteiger partial charge in [0.15, 0.2) is 0 Å². The maximum absolute atomic E-state index is 13.3. The van der Waals surface area contributed by atoms with Crippen LogP contribution in [0.1, 0.15) is 12.0 Å². The Balaban J connectivity index is 1.82. The van der Waals surface area contributed by atoms with Crippen molar-refractivity contribution in [3.63, 3.8) is 0 Å². The molecular weight excluding hydrogens is 309 g/mol. The van der Waals surface area contributed by atoms with E-state index in [0.29, 0.717) is 16.3 Å². The van der Waals surface area contributed by atoms with Gasteiger partial charge in [-0.1, -0.05) is 0 Å². The summed E-state index contributed by atoms with van der Waals surface area (Å²) in [5, 5.41) is 13.9. The van der Waals surface area contributed by atoms with Gasteiger partial charge in [0.05, 0.1) is 11.3 Å². The van der Waals surface area contributed by atoms with E-state index in [1.165, 1.54) is 35.2 Å². The van der Waals surface area contributed by atoms with Crippen LogP contribution in [0.3, 0.4) is 0 Å². The monoisotopic (exact) mass is 321 g/mol. The average molecular weight is 321 g/mol. The number of carbonyl (C=O) groups is 1. The van der Waals surface area contributed by atoms with Crippen LogP contribution in [0.4, 0.5) is 15.1 Å². The fourth-order valence-electron chi connectivity index (χ4n) is 1.54. The topological polar surface area (TPSA) is 78.9 Å². The minimum absolute atomic E-state index is 0.110. The molecular formula is C14H12FN3OS2. The molecule has 1 heterocycles. The highest BCUT2D eigenvalue weighted by Gasteiger charge is 2.08. The van der Waals surface area contributed by atoms with Gasteiger partial charge in [0, 0.05) is 17.1 Å². The Labute approximate surface area is 129 Å². The largest absolute Gasteiger partial charge is 0.396 e. The van der Waals surface area contributed by atoms with Crippen LogP contribution >= 0.6 is 23.1 Å². The van der Waals surface area contributed by atoms with Gasteiger partial charge in [-0.25, -0.2) is 4.39 Å². The number of thioether (sulfide) groups is 1. The van der Waals surface area contributed by atoms with Crippen molar-refractivity contribution in [3.8, 4) is 6.07 Å². The van der Waals surface area contributed by atoms with Gasteiger partial charge in [0.1, 0.15) is 16.9 Å². The van der Waals surface area contributed by atoms with Crippen LogP contribution in [0.5, 0.6) is 0 Å². The summed E-state index contributed by atoms with van der Waals surface area (Å²) in [6.45, 7) is 0. The number of nitrogens with zero attached hydrogens (tertiary/aromatic N) is 1. The minimum Gasteiger partial charge on any atom is -0.396 e. The average Bonchev–Trinajstić information content (AvgIpc) is 2.90. The number of rotatable bonds is 5. The summed E-state index contributed by atoms with van der Waals surface area (Å²) in [4.78, 5) is 12.5. The van der Waals surface area contributed by atoms with Crippen LogP contribution in [0, 0.1) is 17.1 Å². The van der Waals surface area contributed by atoms with E-state index >= 15 is 0 Å². The second-order valence-corrected chi connectivity index (χ2v) is 6.19. The third-order valence-electron chi connectivity index (χ3n) is 2.61. The summed E-state index contributed by atoms with van der Waals surface area (Å²) in [7, 11) is 0. The first kappa shape index (κ1) is 15.4. The maximum atomic E-state index is 13.3. The molecule has 1 aromatic carbocycles. The summed E-state index contributed by atoms with van der Waals surface area (Å²) >= 11 is 2.69. The van der Waals surface area contributed by atoms with Gasteiger partial charge in [-0.15, -0.1) is 23.1 Å². The Morgan fingerprint density at radius 3 is 3.00 bits per heavy atom. The van der Waals surface area contributed by atoms with Crippen LogP contribution in [0.2, 0.25) is 0 Å². The molecule has 0 saturated heterocycles. The fourth-order valence-corrected chi connectivity index (χ4v) is 3.17. The molecule has 0 fully saturated rings. The molecule has 3 N–H and O–H groups in total. The molecule has 2 aromatic rings. The van der Waals surface area contributed by atoms with Gasteiger partial charge >= 0.3 is 0 Å². The van der Waals surface area contributed by atoms with Crippen molar-refractivity contribution in [1.29, 1.82) is 5.26 Å². The SMILES string of the molecule is N#Cc1ccsc1NC(=O)CCSc1ccc(N)c(F)c1. The Kier molecular flexibility index (Phi) is 5.20. The maximum Gasteiger partial charge on any atom is 0.225 e. The molecule has 0 bridgehead atoms. The lowest BCUT2D eigenvalue weighted by atomic mass is 10.3. The molecule has 0 aliphatic heterocycles. The number of nitrogens with two attached hydrogens (primary N) is 1. The van der Waals surface area contributed by atoms with E-state index in [1.807, 2.05) is 6.07 Å². The van der Waals surface area contributed by atoms with Crippen LogP contribution in [0.25, 0.3) is 0 Å². The smallest absolute Gasteiger partial charge is 0.225 e. The zero-order valence-electron chi connectivity index (χ0n) is 10.9. The number of hydrogen-bond donors (Lipinski definition) is 2. The molecule has 4 nitrogen and oxygen atoms in total. The molecule has 1 aromatic heterocycles. The predicted molar refractivity (Wildman–Crippen MR) is 83.8 cm³/mol. The number of amides is 1. The van der Waals surface area contributed by atoms with E-state index in [2.05, 4.69) is 5.32 Å². The third-order valence-corrected chi connectivity index (χ3v) is 4.43. The Bertz CT molecular complexity index is 694. The highest BCUT2D eigenvalue weighted by molar-refractivity contribution is 7.99. The van der Waals surface area contributed by atoms with Crippen LogP contribution in [-0.4, -0.2) is 11.7 Å². The standard InChI is InChI=1S/C14H12FN3OS2/c15-11-7-10(1-2-12(11)17)20-6-4-13(19)18-14-9(8-16)3-5-21-14/h1-3,5,7H,4,6,17H2,(H,18,19). The number of nitrogens with one attached hydrogen (secondary N) is 1. The van der Waals surface area contributed by atoms with Crippen LogP contribution < -0.4 is 11.1 Å². The first-order valence-electron chi connectivity index (χ1n) is 6.05. The van der Waals surface area contributed by atoms with E-state index < -0.39 is 5.82 Å². The first-order valence-corrected chi connectivity index (χ1v) is 7.92. The summed E-state index contributed by atoms with van der Waals surface area (Å²) in [6, 6.07) is 8.24. The second kappa shape index (κ2) is 7.11. The van der Waals surface area contributed by atoms with Crippen molar-refractivity contribution in [2.24, 2.45) is 0 Å². The molecule has 0 aliphatic rings. The van der Waals surface area contributed by atoms with Crippen molar-refractivity contribution >= 4 is 39.7 Å². The van der Waals surface area contributed by atoms with Gasteiger partial charge in [-0.05, 0) is 29.6 Å². The molecule has 0 atom stereocenters. The number of benzene rings is 1. The van der Waals surface area contributed by atoms with Gasteiger partial charge in [0.25, 0.3) is 0 Å². The first-order chi connectivity index (χ1) is 10.1. The molecule has 0 radical (unpaired) electrons. The van der Waals surface area contributed by atoms with Crippen molar-refractivity contribution in [1.82, 2.24) is 0 Å². The molecule has 0 spiro atoms. The molecule has 0 unspecified atom stereocenters. The van der Waals surface area contributed by atoms with Gasteiger partial charge in [-0.3, -0.25) is 4.79 Å². The number of nitrogen functional groups attached to an aromatic ring is 1. The number of halogens is 1. The quantitative estimate of drug-likeness (QED) is 0.653. The molecule has 2 rings (SSSR count). The lowest BCUT2D eigenvalue weighted by Crippen LogP contribution is -2.11. The van der Waals surface area contributed by atoms with Crippen molar-refractivity contribution in [2.75, 3.05) is 16.8 Å². The minimum atomic E-state index is -0.457. The fraction of sp³-hybridized carbons (Fsp3) is 0.143. The number of thiophene rings is 1. The highest BCUT2D eigenvalue weighted by atomic mass is 32.2. The third kappa shape index (κ3) is 4.21. The lowest BCUT2D eigenvalue weighted by Gasteiger charge is -2.04. The van der Waals surface area contributed by atoms with E-state index in [0.717, 1.165) is 4.90 Å². The predicted octanol–water partition coefficient (Wildman–Crippen LogP) is 3.46. The van der Waals surface area contributed by atoms with Crippen LogP contribution in [0.15, 0.2) is 34.5 Å². The number of nitriles is 1. The number of carbonyl (C=O) groups excluding carboxylic acids is 1. The summed E-state index contributed by atoms with van der Waals surface area (Å²) in [5.41, 5.74) is 5.96. The molecule has 1 amide bonds. The van der Waals surface area contributed by atoms with E-state index in [1.54, 1.807) is 17.5 Å². The van der Waals surface area contributed by atoms with E-state index in [9.17, 15) is 9.18 Å². The highest BCUT2D eigenvalue weighted by Crippen LogP contribution is 2.24. The summed E-state index contributed by atoms with van der Waals surface area (Å²) in [6.07, 6.45) is 0.277.